The fraction of sp³-hybridized carbons (Fsp3) is 0.458. The van der Waals surface area contributed by atoms with E-state index >= 15 is 0 Å². The number of carbonyl (C=O) groups excluding carboxylic acids is 1. The molecule has 1 heterocycles. The molecule has 2 aromatic carbocycles. The molecular weight excluding hydrogens is 346 g/mol. The Morgan fingerprint density at radius 2 is 1.57 bits per heavy atom. The minimum absolute atomic E-state index is 0.0575. The second-order valence-corrected chi connectivity index (χ2v) is 8.23. The van der Waals surface area contributed by atoms with Crippen LogP contribution in [0, 0.1) is 5.92 Å². The predicted molar refractivity (Wildman–Crippen MR) is 115 cm³/mol. The van der Waals surface area contributed by atoms with E-state index in [-0.39, 0.29) is 17.7 Å². The van der Waals surface area contributed by atoms with Gasteiger partial charge in [0.15, 0.2) is 0 Å². The van der Waals surface area contributed by atoms with Crippen molar-refractivity contribution in [2.45, 2.75) is 24.8 Å². The molecular formula is C24H33N3O. The first-order valence-electron chi connectivity index (χ1n) is 10.3. The van der Waals surface area contributed by atoms with Gasteiger partial charge in [0.2, 0.25) is 5.91 Å². The Hall–Kier alpha value is -2.17. The van der Waals surface area contributed by atoms with Crippen LogP contribution in [0.2, 0.25) is 0 Å². The molecule has 150 valence electrons. The second kappa shape index (κ2) is 9.85. The van der Waals surface area contributed by atoms with Crippen LogP contribution in [0.5, 0.6) is 0 Å². The van der Waals surface area contributed by atoms with Crippen LogP contribution < -0.4 is 5.32 Å². The first-order chi connectivity index (χ1) is 13.5. The van der Waals surface area contributed by atoms with Crippen molar-refractivity contribution in [3.8, 4) is 0 Å². The number of likely N-dealkylation sites (N-methyl/N-ethyl adjacent to an activating group) is 2. The van der Waals surface area contributed by atoms with Crippen molar-refractivity contribution >= 4 is 5.91 Å². The number of hydrogen-bond acceptors (Lipinski definition) is 3. The Labute approximate surface area is 169 Å². The van der Waals surface area contributed by atoms with Crippen molar-refractivity contribution in [3.63, 3.8) is 0 Å². The van der Waals surface area contributed by atoms with Crippen LogP contribution >= 0.6 is 0 Å². The number of carbonyl (C=O) groups is 1. The van der Waals surface area contributed by atoms with Gasteiger partial charge in [0.25, 0.3) is 0 Å². The summed E-state index contributed by atoms with van der Waals surface area (Å²) in [6.07, 6.45) is 2.01. The second-order valence-electron chi connectivity index (χ2n) is 8.23. The SMILES string of the molecule is CN1C[C@H](C(=O)NCC(c2ccccc2)c2ccccc2)CC[C@H](N(C)C)C1. The Kier molecular flexibility index (Phi) is 7.24. The molecule has 1 fully saturated rings. The summed E-state index contributed by atoms with van der Waals surface area (Å²) in [4.78, 5) is 17.6. The topological polar surface area (TPSA) is 35.6 Å². The van der Waals surface area contributed by atoms with Gasteiger partial charge < -0.3 is 15.1 Å². The van der Waals surface area contributed by atoms with E-state index in [2.05, 4.69) is 84.8 Å². The molecule has 3 rings (SSSR count). The normalized spacial score (nSPS) is 20.9. The molecule has 1 amide bonds. The predicted octanol–water partition coefficient (Wildman–Crippen LogP) is 3.21. The molecule has 0 unspecified atom stereocenters. The number of nitrogens with one attached hydrogen (secondary N) is 1. The van der Waals surface area contributed by atoms with Crippen LogP contribution in [0.25, 0.3) is 0 Å². The van der Waals surface area contributed by atoms with E-state index in [9.17, 15) is 4.79 Å². The molecule has 0 saturated carbocycles. The number of likely N-dealkylation sites (tertiary alicyclic amines) is 1. The smallest absolute Gasteiger partial charge is 0.224 e. The molecule has 0 aliphatic carbocycles. The average Bonchev–Trinajstić information content (AvgIpc) is 2.91. The molecule has 1 aliphatic rings. The lowest BCUT2D eigenvalue weighted by atomic mass is 9.91. The van der Waals surface area contributed by atoms with Crippen LogP contribution in [0.3, 0.4) is 0 Å². The largest absolute Gasteiger partial charge is 0.355 e. The highest BCUT2D eigenvalue weighted by molar-refractivity contribution is 5.79. The molecule has 1 saturated heterocycles. The highest BCUT2D eigenvalue weighted by Crippen LogP contribution is 2.24. The lowest BCUT2D eigenvalue weighted by Crippen LogP contribution is -2.40. The summed E-state index contributed by atoms with van der Waals surface area (Å²) in [5.74, 6) is 0.412. The van der Waals surface area contributed by atoms with Crippen LogP contribution in [0.1, 0.15) is 29.9 Å². The average molecular weight is 380 g/mol. The van der Waals surface area contributed by atoms with Crippen LogP contribution in [-0.4, -0.2) is 62.5 Å². The third kappa shape index (κ3) is 5.43. The summed E-state index contributed by atoms with van der Waals surface area (Å²) < 4.78 is 0. The zero-order valence-corrected chi connectivity index (χ0v) is 17.3. The third-order valence-electron chi connectivity index (χ3n) is 5.89. The molecule has 0 spiro atoms. The van der Waals surface area contributed by atoms with E-state index in [0.717, 1.165) is 25.9 Å². The fourth-order valence-corrected chi connectivity index (χ4v) is 4.17. The summed E-state index contributed by atoms with van der Waals surface area (Å²) >= 11 is 0. The van der Waals surface area contributed by atoms with E-state index in [0.29, 0.717) is 12.6 Å². The molecule has 4 heteroatoms. The number of benzene rings is 2. The summed E-state index contributed by atoms with van der Waals surface area (Å²) in [6.45, 7) is 2.48. The van der Waals surface area contributed by atoms with E-state index < -0.39 is 0 Å². The van der Waals surface area contributed by atoms with Gasteiger partial charge in [-0.05, 0) is 45.1 Å². The number of nitrogens with zero attached hydrogens (tertiary/aromatic N) is 2. The molecule has 28 heavy (non-hydrogen) atoms. The maximum Gasteiger partial charge on any atom is 0.224 e. The Bertz CT molecular complexity index is 693. The van der Waals surface area contributed by atoms with Gasteiger partial charge in [-0.1, -0.05) is 60.7 Å². The summed E-state index contributed by atoms with van der Waals surface area (Å²) in [6, 6.07) is 21.4. The quantitative estimate of drug-likeness (QED) is 0.837. The number of rotatable bonds is 6. The van der Waals surface area contributed by atoms with E-state index in [1.807, 2.05) is 12.1 Å². The Morgan fingerprint density at radius 1 is 1.00 bits per heavy atom. The Morgan fingerprint density at radius 3 is 2.11 bits per heavy atom. The van der Waals surface area contributed by atoms with Crippen molar-refractivity contribution in [2.75, 3.05) is 40.8 Å². The molecule has 2 atom stereocenters. The van der Waals surface area contributed by atoms with Crippen molar-refractivity contribution in [1.82, 2.24) is 15.1 Å². The summed E-state index contributed by atoms with van der Waals surface area (Å²) in [5.41, 5.74) is 2.47. The third-order valence-corrected chi connectivity index (χ3v) is 5.89. The maximum absolute atomic E-state index is 13.0. The maximum atomic E-state index is 13.0. The first-order valence-corrected chi connectivity index (χ1v) is 10.3. The van der Waals surface area contributed by atoms with Gasteiger partial charge in [0, 0.05) is 31.6 Å². The number of hydrogen-bond donors (Lipinski definition) is 1. The minimum atomic E-state index is 0.0575. The Balaban J connectivity index is 1.67. The zero-order chi connectivity index (χ0) is 19.9. The van der Waals surface area contributed by atoms with Gasteiger partial charge in [0.05, 0.1) is 5.92 Å². The molecule has 2 aromatic rings. The highest BCUT2D eigenvalue weighted by atomic mass is 16.1. The van der Waals surface area contributed by atoms with Gasteiger partial charge >= 0.3 is 0 Å². The molecule has 1 aliphatic heterocycles. The van der Waals surface area contributed by atoms with Gasteiger partial charge in [-0.3, -0.25) is 4.79 Å². The summed E-state index contributed by atoms with van der Waals surface area (Å²) in [5, 5.41) is 3.26. The van der Waals surface area contributed by atoms with Crippen molar-refractivity contribution < 1.29 is 4.79 Å². The zero-order valence-electron chi connectivity index (χ0n) is 17.3. The summed E-state index contributed by atoms with van der Waals surface area (Å²) in [7, 11) is 6.38. The molecule has 1 N–H and O–H groups in total. The lowest BCUT2D eigenvalue weighted by molar-refractivity contribution is -0.125. The molecule has 0 aromatic heterocycles. The van der Waals surface area contributed by atoms with E-state index in [1.54, 1.807) is 0 Å². The van der Waals surface area contributed by atoms with E-state index in [1.165, 1.54) is 11.1 Å². The highest BCUT2D eigenvalue weighted by Gasteiger charge is 2.28. The van der Waals surface area contributed by atoms with Gasteiger partial charge in [-0.2, -0.15) is 0 Å². The monoisotopic (exact) mass is 379 g/mol. The van der Waals surface area contributed by atoms with Gasteiger partial charge in [0.1, 0.15) is 0 Å². The minimum Gasteiger partial charge on any atom is -0.355 e. The number of amides is 1. The van der Waals surface area contributed by atoms with Crippen LogP contribution in [0.4, 0.5) is 0 Å². The first kappa shape index (κ1) is 20.6. The van der Waals surface area contributed by atoms with Crippen molar-refractivity contribution in [2.24, 2.45) is 5.92 Å². The lowest BCUT2D eigenvalue weighted by Gasteiger charge is -2.25. The van der Waals surface area contributed by atoms with Crippen LogP contribution in [0.15, 0.2) is 60.7 Å². The van der Waals surface area contributed by atoms with Crippen molar-refractivity contribution in [1.29, 1.82) is 0 Å². The molecule has 4 nitrogen and oxygen atoms in total. The van der Waals surface area contributed by atoms with E-state index in [4.69, 9.17) is 0 Å². The standard InChI is InChI=1S/C24H33N3O/c1-26(2)22-15-14-21(17-27(3)18-22)24(28)25-16-23(19-10-6-4-7-11-19)20-12-8-5-9-13-20/h4-13,21-23H,14-18H2,1-3H3,(H,25,28)/t21-,22+/m1/s1. The van der Waals surface area contributed by atoms with Gasteiger partial charge in [-0.15, -0.1) is 0 Å². The molecule has 0 bridgehead atoms. The van der Waals surface area contributed by atoms with Crippen molar-refractivity contribution in [3.05, 3.63) is 71.8 Å². The fourth-order valence-electron chi connectivity index (χ4n) is 4.17. The molecule has 0 radical (unpaired) electrons. The van der Waals surface area contributed by atoms with Gasteiger partial charge in [-0.25, -0.2) is 0 Å². The van der Waals surface area contributed by atoms with Crippen LogP contribution in [-0.2, 0) is 4.79 Å².